The van der Waals surface area contributed by atoms with Gasteiger partial charge in [0.1, 0.15) is 5.78 Å². The van der Waals surface area contributed by atoms with E-state index in [1.165, 1.54) is 6.92 Å². The number of rotatable bonds is 5. The van der Waals surface area contributed by atoms with E-state index in [1.54, 1.807) is 0 Å². The van der Waals surface area contributed by atoms with Crippen molar-refractivity contribution < 1.29 is 9.59 Å². The summed E-state index contributed by atoms with van der Waals surface area (Å²) in [5.74, 6) is 0.230. The van der Waals surface area contributed by atoms with Gasteiger partial charge in [0.2, 0.25) is 0 Å². The van der Waals surface area contributed by atoms with Crippen molar-refractivity contribution in [2.24, 2.45) is 5.92 Å². The average molecular weight is 168 g/mol. The predicted octanol–water partition coefficient (Wildman–Crippen LogP) is 2.14. The molecule has 0 heterocycles. The summed E-state index contributed by atoms with van der Waals surface area (Å²) in [6.45, 7) is 8.78. The molecule has 0 unspecified atom stereocenters. The summed E-state index contributed by atoms with van der Waals surface area (Å²) in [7, 11) is 0. The molecule has 0 aliphatic carbocycles. The number of carbonyl (C=O) groups excluding carboxylic acids is 2. The van der Waals surface area contributed by atoms with E-state index in [4.69, 9.17) is 0 Å². The summed E-state index contributed by atoms with van der Waals surface area (Å²) in [6, 6.07) is 0. The summed E-state index contributed by atoms with van der Waals surface area (Å²) in [5, 5.41) is 0. The predicted molar refractivity (Wildman–Crippen MR) is 48.9 cm³/mol. The van der Waals surface area contributed by atoms with E-state index < -0.39 is 0 Å². The van der Waals surface area contributed by atoms with Gasteiger partial charge in [0, 0.05) is 12.3 Å². The molecule has 0 N–H and O–H groups in total. The summed E-state index contributed by atoms with van der Waals surface area (Å²) >= 11 is 0. The van der Waals surface area contributed by atoms with Crippen LogP contribution in [-0.4, -0.2) is 11.6 Å². The van der Waals surface area contributed by atoms with Gasteiger partial charge >= 0.3 is 0 Å². The highest BCUT2D eigenvalue weighted by Crippen LogP contribution is 2.07. The summed E-state index contributed by atoms with van der Waals surface area (Å²) in [4.78, 5) is 21.8. The van der Waals surface area contributed by atoms with Crippen LogP contribution in [0, 0.1) is 5.92 Å². The second-order valence-corrected chi connectivity index (χ2v) is 3.28. The number of Topliss-reactive ketones (excluding diaryl/α,β-unsaturated/α-hetero) is 2. The number of hydrogen-bond donors (Lipinski definition) is 0. The molecule has 0 amide bonds. The molecule has 0 saturated carbocycles. The highest BCUT2D eigenvalue weighted by Gasteiger charge is 2.08. The Morgan fingerprint density at radius 1 is 1.25 bits per heavy atom. The lowest BCUT2D eigenvalue weighted by atomic mass is 10.0. The number of allylic oxidation sites excluding steroid dienone is 1. The van der Waals surface area contributed by atoms with Crippen molar-refractivity contribution >= 4 is 11.6 Å². The first-order valence-electron chi connectivity index (χ1n) is 4.16. The summed E-state index contributed by atoms with van der Waals surface area (Å²) in [5.41, 5.74) is 0.545. The molecule has 0 aromatic heterocycles. The third-order valence-electron chi connectivity index (χ3n) is 1.82. The topological polar surface area (TPSA) is 34.1 Å². The maximum atomic E-state index is 11.1. The molecule has 0 atom stereocenters. The Morgan fingerprint density at radius 3 is 2.08 bits per heavy atom. The summed E-state index contributed by atoms with van der Waals surface area (Å²) < 4.78 is 0. The van der Waals surface area contributed by atoms with E-state index in [0.29, 0.717) is 18.4 Å². The van der Waals surface area contributed by atoms with Crippen LogP contribution in [0.2, 0.25) is 0 Å². The van der Waals surface area contributed by atoms with Gasteiger partial charge in [-0.1, -0.05) is 20.4 Å². The molecule has 0 rings (SSSR count). The van der Waals surface area contributed by atoms with E-state index >= 15 is 0 Å². The minimum Gasteiger partial charge on any atom is -0.299 e. The lowest BCUT2D eigenvalue weighted by Crippen LogP contribution is -2.08. The molecule has 2 heteroatoms. The van der Waals surface area contributed by atoms with Crippen molar-refractivity contribution in [3.8, 4) is 0 Å². The quantitative estimate of drug-likeness (QED) is 0.589. The number of hydrogen-bond acceptors (Lipinski definition) is 2. The van der Waals surface area contributed by atoms with Crippen LogP contribution in [0.5, 0.6) is 0 Å². The monoisotopic (exact) mass is 168 g/mol. The molecule has 12 heavy (non-hydrogen) atoms. The highest BCUT2D eigenvalue weighted by molar-refractivity contribution is 5.93. The molecule has 0 aliphatic heterocycles. The van der Waals surface area contributed by atoms with Gasteiger partial charge < -0.3 is 0 Å². The first-order valence-corrected chi connectivity index (χ1v) is 4.16. The number of ketones is 2. The van der Waals surface area contributed by atoms with Gasteiger partial charge in [0.25, 0.3) is 0 Å². The molecule has 2 nitrogen and oxygen atoms in total. The van der Waals surface area contributed by atoms with Crippen molar-refractivity contribution in [1.82, 2.24) is 0 Å². The van der Waals surface area contributed by atoms with E-state index in [2.05, 4.69) is 6.58 Å². The van der Waals surface area contributed by atoms with Crippen LogP contribution in [0.1, 0.15) is 33.6 Å². The van der Waals surface area contributed by atoms with E-state index in [-0.39, 0.29) is 17.5 Å². The molecule has 0 aromatic carbocycles. The molecule has 68 valence electrons. The Bertz CT molecular complexity index is 202. The maximum Gasteiger partial charge on any atom is 0.155 e. The van der Waals surface area contributed by atoms with E-state index in [1.807, 2.05) is 13.8 Å². The zero-order valence-corrected chi connectivity index (χ0v) is 8.02. The van der Waals surface area contributed by atoms with Crippen LogP contribution < -0.4 is 0 Å². The molecule has 0 radical (unpaired) electrons. The van der Waals surface area contributed by atoms with Gasteiger partial charge in [-0.25, -0.2) is 0 Å². The van der Waals surface area contributed by atoms with Crippen LogP contribution in [0.15, 0.2) is 12.2 Å². The molecular formula is C10H16O2. The van der Waals surface area contributed by atoms with Gasteiger partial charge in [0.05, 0.1) is 0 Å². The van der Waals surface area contributed by atoms with Crippen molar-refractivity contribution in [2.75, 3.05) is 0 Å². The molecule has 0 bridgehead atoms. The van der Waals surface area contributed by atoms with Crippen LogP contribution >= 0.6 is 0 Å². The molecular weight excluding hydrogens is 152 g/mol. The fourth-order valence-corrected chi connectivity index (χ4v) is 0.739. The third-order valence-corrected chi connectivity index (χ3v) is 1.82. The van der Waals surface area contributed by atoms with Crippen molar-refractivity contribution in [3.05, 3.63) is 12.2 Å². The summed E-state index contributed by atoms with van der Waals surface area (Å²) in [6.07, 6.45) is 0.947. The van der Waals surface area contributed by atoms with Gasteiger partial charge in [-0.05, 0) is 18.9 Å². The largest absolute Gasteiger partial charge is 0.299 e. The fraction of sp³-hybridized carbons (Fsp3) is 0.600. The second-order valence-electron chi connectivity index (χ2n) is 3.28. The first kappa shape index (κ1) is 11.1. The fourth-order valence-electron chi connectivity index (χ4n) is 0.739. The minimum absolute atomic E-state index is 0.0217. The normalized spacial score (nSPS) is 10.0. The van der Waals surface area contributed by atoms with Gasteiger partial charge in [-0.3, -0.25) is 9.59 Å². The molecule has 0 spiro atoms. The van der Waals surface area contributed by atoms with Gasteiger partial charge in [-0.15, -0.1) is 0 Å². The lowest BCUT2D eigenvalue weighted by molar-refractivity contribution is -0.121. The van der Waals surface area contributed by atoms with Crippen molar-refractivity contribution in [2.45, 2.75) is 33.6 Å². The minimum atomic E-state index is -0.0217. The maximum absolute atomic E-state index is 11.1. The first-order chi connectivity index (χ1) is 5.45. The average Bonchev–Trinajstić information content (AvgIpc) is 1.98. The Hall–Kier alpha value is -0.920. The Kier molecular flexibility index (Phi) is 4.49. The zero-order chi connectivity index (χ0) is 9.72. The van der Waals surface area contributed by atoms with E-state index in [9.17, 15) is 9.59 Å². The molecule has 0 fully saturated rings. The van der Waals surface area contributed by atoms with Crippen LogP contribution in [0.25, 0.3) is 0 Å². The molecule has 0 aliphatic rings. The van der Waals surface area contributed by atoms with Crippen LogP contribution in [0.4, 0.5) is 0 Å². The number of carbonyl (C=O) groups is 2. The Morgan fingerprint density at radius 2 is 1.75 bits per heavy atom. The molecule has 0 saturated heterocycles. The van der Waals surface area contributed by atoms with Gasteiger partial charge in [-0.2, -0.15) is 0 Å². The van der Waals surface area contributed by atoms with Crippen LogP contribution in [-0.2, 0) is 9.59 Å². The smallest absolute Gasteiger partial charge is 0.155 e. The second kappa shape index (κ2) is 4.86. The molecule has 0 aromatic rings. The lowest BCUT2D eigenvalue weighted by Gasteiger charge is -2.03. The SMILES string of the molecule is C=C(CCC(=O)C(C)C)C(C)=O. The Labute approximate surface area is 73.7 Å². The highest BCUT2D eigenvalue weighted by atomic mass is 16.1. The van der Waals surface area contributed by atoms with Crippen molar-refractivity contribution in [3.63, 3.8) is 0 Å². The third kappa shape index (κ3) is 4.06. The van der Waals surface area contributed by atoms with Gasteiger partial charge in [0.15, 0.2) is 5.78 Å². The zero-order valence-electron chi connectivity index (χ0n) is 8.02. The standard InChI is InChI=1S/C10H16O2/c1-7(2)10(12)6-5-8(3)9(4)11/h7H,3,5-6H2,1-2,4H3. The van der Waals surface area contributed by atoms with Crippen LogP contribution in [0.3, 0.4) is 0 Å². The Balaban J connectivity index is 3.77. The van der Waals surface area contributed by atoms with Crippen molar-refractivity contribution in [1.29, 1.82) is 0 Å². The van der Waals surface area contributed by atoms with E-state index in [0.717, 1.165) is 0 Å².